The van der Waals surface area contributed by atoms with Crippen LogP contribution in [-0.4, -0.2) is 11.8 Å². The molecular formula is C12H19FN2S. The van der Waals surface area contributed by atoms with Crippen LogP contribution in [0.25, 0.3) is 0 Å². The first-order valence-corrected chi connectivity index (χ1v) is 6.45. The van der Waals surface area contributed by atoms with Crippen LogP contribution in [0, 0.1) is 11.7 Å². The standard InChI is InChI=1S/C12H19FN2S/c1-9(2)7-11(15-14)8-16-12-5-3-10(13)4-6-12/h3-6,9,11,15H,7-8,14H2,1-2H3. The molecule has 0 heterocycles. The van der Waals surface area contributed by atoms with Crippen molar-refractivity contribution in [3.8, 4) is 0 Å². The average Bonchev–Trinajstić information content (AvgIpc) is 2.26. The van der Waals surface area contributed by atoms with E-state index in [1.807, 2.05) is 0 Å². The molecule has 0 aromatic heterocycles. The zero-order chi connectivity index (χ0) is 12.0. The molecule has 0 saturated carbocycles. The third-order valence-electron chi connectivity index (χ3n) is 2.26. The first-order valence-electron chi connectivity index (χ1n) is 5.46. The molecule has 90 valence electrons. The van der Waals surface area contributed by atoms with Crippen LogP contribution in [0.1, 0.15) is 20.3 Å². The van der Waals surface area contributed by atoms with Crippen LogP contribution >= 0.6 is 11.8 Å². The van der Waals surface area contributed by atoms with Crippen LogP contribution in [0.3, 0.4) is 0 Å². The molecule has 3 N–H and O–H groups in total. The van der Waals surface area contributed by atoms with Crippen LogP contribution in [0.5, 0.6) is 0 Å². The molecule has 0 spiro atoms. The van der Waals surface area contributed by atoms with E-state index >= 15 is 0 Å². The Balaban J connectivity index is 2.40. The highest BCUT2D eigenvalue weighted by Gasteiger charge is 2.09. The highest BCUT2D eigenvalue weighted by Crippen LogP contribution is 2.20. The van der Waals surface area contributed by atoms with Gasteiger partial charge < -0.3 is 0 Å². The molecule has 0 aliphatic rings. The average molecular weight is 242 g/mol. The van der Waals surface area contributed by atoms with Crippen molar-refractivity contribution in [1.82, 2.24) is 5.43 Å². The summed E-state index contributed by atoms with van der Waals surface area (Å²) < 4.78 is 12.7. The topological polar surface area (TPSA) is 38.0 Å². The van der Waals surface area contributed by atoms with Gasteiger partial charge in [0.2, 0.25) is 0 Å². The SMILES string of the molecule is CC(C)CC(CSc1ccc(F)cc1)NN. The summed E-state index contributed by atoms with van der Waals surface area (Å²) in [6, 6.07) is 6.85. The monoisotopic (exact) mass is 242 g/mol. The van der Waals surface area contributed by atoms with E-state index in [4.69, 9.17) is 5.84 Å². The molecular weight excluding hydrogens is 223 g/mol. The van der Waals surface area contributed by atoms with E-state index in [0.717, 1.165) is 17.1 Å². The highest BCUT2D eigenvalue weighted by molar-refractivity contribution is 7.99. The minimum Gasteiger partial charge on any atom is -0.271 e. The van der Waals surface area contributed by atoms with Crippen molar-refractivity contribution in [3.05, 3.63) is 30.1 Å². The Morgan fingerprint density at radius 1 is 1.31 bits per heavy atom. The molecule has 4 heteroatoms. The highest BCUT2D eigenvalue weighted by atomic mass is 32.2. The summed E-state index contributed by atoms with van der Waals surface area (Å²) in [5.41, 5.74) is 2.82. The third kappa shape index (κ3) is 4.96. The van der Waals surface area contributed by atoms with Gasteiger partial charge in [-0.1, -0.05) is 13.8 Å². The van der Waals surface area contributed by atoms with Gasteiger partial charge >= 0.3 is 0 Å². The Hall–Kier alpha value is -0.580. The van der Waals surface area contributed by atoms with E-state index in [2.05, 4.69) is 19.3 Å². The Morgan fingerprint density at radius 2 is 1.94 bits per heavy atom. The van der Waals surface area contributed by atoms with Gasteiger partial charge in [-0.25, -0.2) is 4.39 Å². The molecule has 0 aliphatic heterocycles. The Morgan fingerprint density at radius 3 is 2.44 bits per heavy atom. The second-order valence-corrected chi connectivity index (χ2v) is 5.35. The molecule has 1 aromatic rings. The zero-order valence-corrected chi connectivity index (χ0v) is 10.6. The van der Waals surface area contributed by atoms with E-state index in [-0.39, 0.29) is 5.82 Å². The number of thioether (sulfide) groups is 1. The van der Waals surface area contributed by atoms with Gasteiger partial charge in [0, 0.05) is 16.7 Å². The van der Waals surface area contributed by atoms with E-state index in [1.165, 1.54) is 12.1 Å². The van der Waals surface area contributed by atoms with Gasteiger partial charge in [0.25, 0.3) is 0 Å². The maximum absolute atomic E-state index is 12.7. The molecule has 1 rings (SSSR count). The fourth-order valence-corrected chi connectivity index (χ4v) is 2.44. The molecule has 1 aromatic carbocycles. The van der Waals surface area contributed by atoms with Crippen molar-refractivity contribution in [2.75, 3.05) is 5.75 Å². The lowest BCUT2D eigenvalue weighted by Gasteiger charge is -2.17. The van der Waals surface area contributed by atoms with Gasteiger partial charge in [0.05, 0.1) is 0 Å². The molecule has 0 bridgehead atoms. The number of rotatable bonds is 6. The van der Waals surface area contributed by atoms with E-state index < -0.39 is 0 Å². The van der Waals surface area contributed by atoms with Crippen LogP contribution in [0.4, 0.5) is 4.39 Å². The fourth-order valence-electron chi connectivity index (χ4n) is 1.48. The largest absolute Gasteiger partial charge is 0.271 e. The molecule has 0 amide bonds. The van der Waals surface area contributed by atoms with Crippen molar-refractivity contribution in [2.45, 2.75) is 31.2 Å². The summed E-state index contributed by atoms with van der Waals surface area (Å²) in [7, 11) is 0. The maximum atomic E-state index is 12.7. The molecule has 16 heavy (non-hydrogen) atoms. The lowest BCUT2D eigenvalue weighted by atomic mass is 10.1. The summed E-state index contributed by atoms with van der Waals surface area (Å²) in [5.74, 6) is 6.81. The molecule has 0 saturated heterocycles. The maximum Gasteiger partial charge on any atom is 0.123 e. The minimum atomic E-state index is -0.194. The molecule has 0 aliphatic carbocycles. The van der Waals surface area contributed by atoms with Crippen LogP contribution in [0.15, 0.2) is 29.2 Å². The lowest BCUT2D eigenvalue weighted by Crippen LogP contribution is -2.37. The number of nitrogens with one attached hydrogen (secondary N) is 1. The number of nitrogens with two attached hydrogens (primary N) is 1. The first kappa shape index (κ1) is 13.5. The predicted molar refractivity (Wildman–Crippen MR) is 67.7 cm³/mol. The molecule has 0 radical (unpaired) electrons. The summed E-state index contributed by atoms with van der Waals surface area (Å²) in [6.45, 7) is 4.35. The number of hydrogen-bond donors (Lipinski definition) is 2. The summed E-state index contributed by atoms with van der Waals surface area (Å²) in [6.07, 6.45) is 1.05. The molecule has 0 fully saturated rings. The molecule has 2 nitrogen and oxygen atoms in total. The van der Waals surface area contributed by atoms with Crippen molar-refractivity contribution in [1.29, 1.82) is 0 Å². The van der Waals surface area contributed by atoms with Gasteiger partial charge in [-0.15, -0.1) is 11.8 Å². The Bertz CT molecular complexity index is 300. The predicted octanol–water partition coefficient (Wildman–Crippen LogP) is 2.80. The van der Waals surface area contributed by atoms with Gasteiger partial charge in [-0.3, -0.25) is 11.3 Å². The van der Waals surface area contributed by atoms with Crippen molar-refractivity contribution >= 4 is 11.8 Å². The van der Waals surface area contributed by atoms with Crippen molar-refractivity contribution in [2.24, 2.45) is 11.8 Å². The van der Waals surface area contributed by atoms with Crippen molar-refractivity contribution in [3.63, 3.8) is 0 Å². The number of halogens is 1. The van der Waals surface area contributed by atoms with Crippen molar-refractivity contribution < 1.29 is 4.39 Å². The minimum absolute atomic E-state index is 0.194. The van der Waals surface area contributed by atoms with Gasteiger partial charge in [0.15, 0.2) is 0 Å². The summed E-state index contributed by atoms with van der Waals surface area (Å²) >= 11 is 1.69. The van der Waals surface area contributed by atoms with Crippen LogP contribution in [-0.2, 0) is 0 Å². The Kier molecular flexibility index (Phi) is 5.80. The number of hydrogen-bond acceptors (Lipinski definition) is 3. The second-order valence-electron chi connectivity index (χ2n) is 4.26. The third-order valence-corrected chi connectivity index (χ3v) is 3.43. The second kappa shape index (κ2) is 6.89. The van der Waals surface area contributed by atoms with Gasteiger partial charge in [0.1, 0.15) is 5.82 Å². The quantitative estimate of drug-likeness (QED) is 0.457. The summed E-state index contributed by atoms with van der Waals surface area (Å²) in [4.78, 5) is 1.07. The summed E-state index contributed by atoms with van der Waals surface area (Å²) in [5, 5.41) is 0. The van der Waals surface area contributed by atoms with E-state index in [9.17, 15) is 4.39 Å². The van der Waals surface area contributed by atoms with Crippen LogP contribution < -0.4 is 11.3 Å². The first-order chi connectivity index (χ1) is 7.61. The number of benzene rings is 1. The lowest BCUT2D eigenvalue weighted by molar-refractivity contribution is 0.456. The van der Waals surface area contributed by atoms with Gasteiger partial charge in [-0.2, -0.15) is 0 Å². The van der Waals surface area contributed by atoms with Gasteiger partial charge in [-0.05, 0) is 36.6 Å². The Labute approximate surface area is 101 Å². The van der Waals surface area contributed by atoms with E-state index in [0.29, 0.717) is 12.0 Å². The smallest absolute Gasteiger partial charge is 0.123 e. The van der Waals surface area contributed by atoms with E-state index in [1.54, 1.807) is 23.9 Å². The normalized spacial score (nSPS) is 13.1. The zero-order valence-electron chi connectivity index (χ0n) is 9.74. The number of hydrazine groups is 1. The fraction of sp³-hybridized carbons (Fsp3) is 0.500. The molecule has 1 atom stereocenters. The molecule has 1 unspecified atom stereocenters. The van der Waals surface area contributed by atoms with Crippen LogP contribution in [0.2, 0.25) is 0 Å².